The van der Waals surface area contributed by atoms with E-state index in [1.54, 1.807) is 0 Å². The van der Waals surface area contributed by atoms with Gasteiger partial charge in [-0.1, -0.05) is 19.4 Å². The van der Waals surface area contributed by atoms with E-state index in [0.717, 1.165) is 19.3 Å². The lowest BCUT2D eigenvalue weighted by Gasteiger charge is -2.31. The van der Waals surface area contributed by atoms with Crippen molar-refractivity contribution in [3.8, 4) is 0 Å². The summed E-state index contributed by atoms with van der Waals surface area (Å²) in [5, 5.41) is 0. The average Bonchev–Trinajstić information content (AvgIpc) is 2.46. The quantitative estimate of drug-likeness (QED) is 0.538. The minimum Gasteiger partial charge on any atom is -0.295 e. The van der Waals surface area contributed by atoms with Crippen LogP contribution in [0.15, 0.2) is 11.1 Å². The maximum atomic E-state index is 11.5. The summed E-state index contributed by atoms with van der Waals surface area (Å²) < 4.78 is 0. The molecular formula is C11H16O. The minimum atomic E-state index is 0.319. The second-order valence-electron chi connectivity index (χ2n) is 4.62. The fourth-order valence-corrected chi connectivity index (χ4v) is 2.53. The average molecular weight is 164 g/mol. The van der Waals surface area contributed by atoms with Gasteiger partial charge in [-0.15, -0.1) is 0 Å². The molecule has 2 aliphatic carbocycles. The third-order valence-electron chi connectivity index (χ3n) is 3.35. The van der Waals surface area contributed by atoms with Gasteiger partial charge < -0.3 is 0 Å². The Morgan fingerprint density at radius 2 is 1.92 bits per heavy atom. The third-order valence-corrected chi connectivity index (χ3v) is 3.35. The van der Waals surface area contributed by atoms with E-state index >= 15 is 0 Å². The molecule has 2 rings (SSSR count). The molecule has 0 aromatic heterocycles. The second kappa shape index (κ2) is 2.45. The summed E-state index contributed by atoms with van der Waals surface area (Å²) in [5.74, 6) is 0.432. The number of allylic oxidation sites excluding steroid dienone is 2. The predicted molar refractivity (Wildman–Crippen MR) is 48.9 cm³/mol. The molecule has 0 bridgehead atoms. The molecule has 0 spiro atoms. The van der Waals surface area contributed by atoms with Gasteiger partial charge >= 0.3 is 0 Å². The molecule has 0 aromatic carbocycles. The van der Waals surface area contributed by atoms with Gasteiger partial charge in [0.2, 0.25) is 0 Å². The Hall–Kier alpha value is -0.590. The molecule has 0 amide bonds. The Morgan fingerprint density at radius 3 is 2.58 bits per heavy atom. The lowest BCUT2D eigenvalue weighted by atomic mass is 9.73. The Bertz CT molecular complexity index is 258. The molecule has 0 saturated carbocycles. The second-order valence-corrected chi connectivity index (χ2v) is 4.62. The van der Waals surface area contributed by atoms with Crippen LogP contribution in [0.5, 0.6) is 0 Å². The third kappa shape index (κ3) is 1.03. The van der Waals surface area contributed by atoms with Crippen molar-refractivity contribution in [2.24, 2.45) is 5.41 Å². The van der Waals surface area contributed by atoms with Gasteiger partial charge in [0.05, 0.1) is 0 Å². The van der Waals surface area contributed by atoms with Gasteiger partial charge in [0, 0.05) is 6.42 Å². The Labute approximate surface area is 73.8 Å². The van der Waals surface area contributed by atoms with Gasteiger partial charge in [-0.2, -0.15) is 0 Å². The highest BCUT2D eigenvalue weighted by Crippen LogP contribution is 2.46. The van der Waals surface area contributed by atoms with Crippen LogP contribution in [0.3, 0.4) is 0 Å². The van der Waals surface area contributed by atoms with Gasteiger partial charge in [-0.25, -0.2) is 0 Å². The SMILES string of the molecule is CC1(C)CCC(=O)C2=C1CCC2. The maximum absolute atomic E-state index is 11.5. The molecule has 0 aliphatic heterocycles. The Kier molecular flexibility index (Phi) is 1.64. The molecule has 0 atom stereocenters. The number of hydrogen-bond donors (Lipinski definition) is 0. The number of rotatable bonds is 0. The van der Waals surface area contributed by atoms with Crippen molar-refractivity contribution in [1.82, 2.24) is 0 Å². The molecule has 1 heteroatoms. The van der Waals surface area contributed by atoms with E-state index in [9.17, 15) is 4.79 Å². The molecular weight excluding hydrogens is 148 g/mol. The zero-order valence-corrected chi connectivity index (χ0v) is 7.94. The predicted octanol–water partition coefficient (Wildman–Crippen LogP) is 2.86. The highest BCUT2D eigenvalue weighted by Gasteiger charge is 2.35. The molecule has 0 unspecified atom stereocenters. The monoisotopic (exact) mass is 164 g/mol. The standard InChI is InChI=1S/C11H16O/c1-11(2)7-6-10(12)8-4-3-5-9(8)11/h3-7H2,1-2H3. The van der Waals surface area contributed by atoms with Gasteiger partial charge in [0.25, 0.3) is 0 Å². The Morgan fingerprint density at radius 1 is 1.17 bits per heavy atom. The number of hydrogen-bond acceptors (Lipinski definition) is 1. The molecule has 1 nitrogen and oxygen atoms in total. The summed E-state index contributed by atoms with van der Waals surface area (Å²) in [6.07, 6.45) is 5.28. The van der Waals surface area contributed by atoms with Crippen LogP contribution in [0.4, 0.5) is 0 Å². The van der Waals surface area contributed by atoms with Crippen molar-refractivity contribution in [2.75, 3.05) is 0 Å². The largest absolute Gasteiger partial charge is 0.295 e. The molecule has 66 valence electrons. The highest BCUT2D eigenvalue weighted by atomic mass is 16.1. The van der Waals surface area contributed by atoms with Crippen molar-refractivity contribution in [2.45, 2.75) is 46.0 Å². The lowest BCUT2D eigenvalue weighted by molar-refractivity contribution is -0.116. The first-order valence-electron chi connectivity index (χ1n) is 4.87. The van der Waals surface area contributed by atoms with Crippen LogP contribution in [0.1, 0.15) is 46.0 Å². The van der Waals surface area contributed by atoms with Crippen LogP contribution >= 0.6 is 0 Å². The van der Waals surface area contributed by atoms with E-state index in [4.69, 9.17) is 0 Å². The van der Waals surface area contributed by atoms with Crippen LogP contribution in [-0.4, -0.2) is 5.78 Å². The van der Waals surface area contributed by atoms with Crippen LogP contribution < -0.4 is 0 Å². The van der Waals surface area contributed by atoms with Gasteiger partial charge in [0.15, 0.2) is 5.78 Å². The normalized spacial score (nSPS) is 27.7. The Balaban J connectivity index is 2.43. The van der Waals surface area contributed by atoms with E-state index in [1.807, 2.05) is 0 Å². The maximum Gasteiger partial charge on any atom is 0.158 e. The van der Waals surface area contributed by atoms with Crippen molar-refractivity contribution in [1.29, 1.82) is 0 Å². The van der Waals surface area contributed by atoms with E-state index < -0.39 is 0 Å². The summed E-state index contributed by atoms with van der Waals surface area (Å²) in [4.78, 5) is 11.5. The van der Waals surface area contributed by atoms with Crippen LogP contribution in [0.25, 0.3) is 0 Å². The van der Waals surface area contributed by atoms with E-state index in [2.05, 4.69) is 13.8 Å². The van der Waals surface area contributed by atoms with Gasteiger partial charge in [0.1, 0.15) is 0 Å². The zero-order valence-electron chi connectivity index (χ0n) is 7.94. The molecule has 12 heavy (non-hydrogen) atoms. The highest BCUT2D eigenvalue weighted by molar-refractivity contribution is 5.97. The van der Waals surface area contributed by atoms with Gasteiger partial charge in [-0.05, 0) is 36.7 Å². The molecule has 0 N–H and O–H groups in total. The number of carbonyl (C=O) groups excluding carboxylic acids is 1. The van der Waals surface area contributed by atoms with Crippen LogP contribution in [-0.2, 0) is 4.79 Å². The topological polar surface area (TPSA) is 17.1 Å². The first-order valence-corrected chi connectivity index (χ1v) is 4.87. The first kappa shape index (κ1) is 8.03. The van der Waals surface area contributed by atoms with Crippen molar-refractivity contribution in [3.63, 3.8) is 0 Å². The molecule has 0 aromatic rings. The molecule has 0 fully saturated rings. The van der Waals surface area contributed by atoms with Crippen molar-refractivity contribution < 1.29 is 4.79 Å². The smallest absolute Gasteiger partial charge is 0.158 e. The van der Waals surface area contributed by atoms with E-state index in [0.29, 0.717) is 11.2 Å². The lowest BCUT2D eigenvalue weighted by Crippen LogP contribution is -2.23. The van der Waals surface area contributed by atoms with Crippen molar-refractivity contribution in [3.05, 3.63) is 11.1 Å². The van der Waals surface area contributed by atoms with E-state index in [-0.39, 0.29) is 0 Å². The van der Waals surface area contributed by atoms with Gasteiger partial charge in [-0.3, -0.25) is 4.79 Å². The molecule has 0 radical (unpaired) electrons. The summed E-state index contributed by atoms with van der Waals surface area (Å²) in [5.41, 5.74) is 2.98. The molecule has 0 heterocycles. The molecule has 0 saturated heterocycles. The van der Waals surface area contributed by atoms with E-state index in [1.165, 1.54) is 24.0 Å². The summed E-state index contributed by atoms with van der Waals surface area (Å²) >= 11 is 0. The molecule has 2 aliphatic rings. The van der Waals surface area contributed by atoms with Crippen LogP contribution in [0.2, 0.25) is 0 Å². The summed E-state index contributed by atoms with van der Waals surface area (Å²) in [7, 11) is 0. The first-order chi connectivity index (χ1) is 5.61. The number of ketones is 1. The fourth-order valence-electron chi connectivity index (χ4n) is 2.53. The summed E-state index contributed by atoms with van der Waals surface area (Å²) in [6.45, 7) is 4.56. The number of Topliss-reactive ketones (excluding diaryl/α,β-unsaturated/α-hetero) is 1. The summed E-state index contributed by atoms with van der Waals surface area (Å²) in [6, 6.07) is 0. The number of carbonyl (C=O) groups is 1. The van der Waals surface area contributed by atoms with Crippen LogP contribution in [0, 0.1) is 5.41 Å². The zero-order chi connectivity index (χ0) is 8.77. The minimum absolute atomic E-state index is 0.319. The van der Waals surface area contributed by atoms with Crippen molar-refractivity contribution >= 4 is 5.78 Å². The fraction of sp³-hybridized carbons (Fsp3) is 0.727.